The lowest BCUT2D eigenvalue weighted by molar-refractivity contribution is 1.21. The molecule has 0 saturated carbocycles. The van der Waals surface area contributed by atoms with Crippen molar-refractivity contribution in [2.75, 3.05) is 17.3 Å². The summed E-state index contributed by atoms with van der Waals surface area (Å²) >= 11 is 4.83. The van der Waals surface area contributed by atoms with Gasteiger partial charge in [-0.15, -0.1) is 16.3 Å². The summed E-state index contributed by atoms with van der Waals surface area (Å²) in [7, 11) is 1.72. The molecule has 0 aliphatic carbocycles. The Labute approximate surface area is 145 Å². The summed E-state index contributed by atoms with van der Waals surface area (Å²) in [5.74, 6) is -0.0723. The van der Waals surface area contributed by atoms with Gasteiger partial charge in [0, 0.05) is 28.2 Å². The molecule has 10 heteroatoms. The molecule has 0 saturated heterocycles. The summed E-state index contributed by atoms with van der Waals surface area (Å²) in [6, 6.07) is 5.57. The summed E-state index contributed by atoms with van der Waals surface area (Å²) in [5, 5.41) is 20.9. The molecular formula is C13H13BrN8S. The molecule has 0 bridgehead atoms. The Hall–Kier alpha value is -2.64. The average molecular weight is 393 g/mol. The van der Waals surface area contributed by atoms with Crippen molar-refractivity contribution in [2.45, 2.75) is 0 Å². The summed E-state index contributed by atoms with van der Waals surface area (Å²) in [5.41, 5.74) is 13.3. The quantitative estimate of drug-likeness (QED) is 0.358. The molecule has 2 aromatic rings. The van der Waals surface area contributed by atoms with Gasteiger partial charge in [-0.05, 0) is 18.2 Å². The number of hydrogen-bond acceptors (Lipinski definition) is 5. The summed E-state index contributed by atoms with van der Waals surface area (Å²) < 4.78 is 0.852. The molecule has 8 nitrogen and oxygen atoms in total. The highest BCUT2D eigenvalue weighted by molar-refractivity contribution is 9.10. The van der Waals surface area contributed by atoms with Gasteiger partial charge >= 0.3 is 0 Å². The normalized spacial score (nSPS) is 10.9. The van der Waals surface area contributed by atoms with Gasteiger partial charge in [0.15, 0.2) is 11.1 Å². The van der Waals surface area contributed by atoms with Crippen molar-refractivity contribution in [2.24, 2.45) is 16.5 Å². The standard InChI is InChI=1S/C13H13BrN8S/c1-22(12(18)19-6-15)7-2-3-9(14)8(4-7)10-5-23-13(20-10)21-11(16)17/h2-5H,1H3,(H2,18,19)(H4,16,17,20,21). The van der Waals surface area contributed by atoms with E-state index in [1.54, 1.807) is 18.1 Å². The fraction of sp³-hybridized carbons (Fsp3) is 0.0769. The van der Waals surface area contributed by atoms with Gasteiger partial charge in [0.05, 0.1) is 5.69 Å². The van der Waals surface area contributed by atoms with Crippen molar-refractivity contribution in [1.29, 1.82) is 10.7 Å². The highest BCUT2D eigenvalue weighted by Gasteiger charge is 2.12. The monoisotopic (exact) mass is 392 g/mol. The maximum atomic E-state index is 8.59. The molecule has 0 unspecified atom stereocenters. The van der Waals surface area contributed by atoms with Crippen LogP contribution in [0.3, 0.4) is 0 Å². The van der Waals surface area contributed by atoms with Gasteiger partial charge in [-0.3, -0.25) is 5.41 Å². The van der Waals surface area contributed by atoms with Crippen LogP contribution in [0.25, 0.3) is 11.3 Å². The van der Waals surface area contributed by atoms with E-state index in [0.717, 1.165) is 21.4 Å². The van der Waals surface area contributed by atoms with E-state index in [0.29, 0.717) is 5.13 Å². The number of aliphatic imine (C=N–C) groups is 1. The molecule has 2 rings (SSSR count). The Morgan fingerprint density at radius 3 is 2.91 bits per heavy atom. The van der Waals surface area contributed by atoms with Crippen molar-refractivity contribution in [3.8, 4) is 17.5 Å². The number of guanidine groups is 2. The SMILES string of the molecule is CN(C(N)=NC#N)c1ccc(Br)c(-c2csc(NC(=N)N)n2)c1. The van der Waals surface area contributed by atoms with Crippen molar-refractivity contribution < 1.29 is 0 Å². The molecule has 0 aliphatic rings. The van der Waals surface area contributed by atoms with Crippen molar-refractivity contribution >= 4 is 50.0 Å². The van der Waals surface area contributed by atoms with Gasteiger partial charge in [-0.1, -0.05) is 15.9 Å². The lowest BCUT2D eigenvalue weighted by atomic mass is 10.1. The number of halogens is 1. The average Bonchev–Trinajstić information content (AvgIpc) is 2.94. The minimum Gasteiger partial charge on any atom is -0.370 e. The van der Waals surface area contributed by atoms with Crippen LogP contribution in [0, 0.1) is 16.9 Å². The number of anilines is 2. The van der Waals surface area contributed by atoms with E-state index in [4.69, 9.17) is 22.1 Å². The van der Waals surface area contributed by atoms with Crippen molar-refractivity contribution in [3.05, 3.63) is 28.1 Å². The first-order valence-electron chi connectivity index (χ1n) is 6.25. The second kappa shape index (κ2) is 7.08. The highest BCUT2D eigenvalue weighted by Crippen LogP contribution is 2.33. The van der Waals surface area contributed by atoms with Crippen LogP contribution < -0.4 is 21.7 Å². The number of benzene rings is 1. The summed E-state index contributed by atoms with van der Waals surface area (Å²) in [4.78, 5) is 9.50. The zero-order valence-corrected chi connectivity index (χ0v) is 14.4. The second-order valence-corrected chi connectivity index (χ2v) is 6.08. The number of nitrogens with two attached hydrogens (primary N) is 2. The third kappa shape index (κ3) is 3.97. The number of nitriles is 1. The summed E-state index contributed by atoms with van der Waals surface area (Å²) in [6.07, 6.45) is 1.66. The van der Waals surface area contributed by atoms with E-state index in [1.165, 1.54) is 11.3 Å². The second-order valence-electron chi connectivity index (χ2n) is 4.37. The van der Waals surface area contributed by atoms with E-state index in [1.807, 2.05) is 23.6 Å². The Kier molecular flexibility index (Phi) is 5.15. The smallest absolute Gasteiger partial charge is 0.211 e. The predicted molar refractivity (Wildman–Crippen MR) is 96.4 cm³/mol. The molecule has 1 aromatic carbocycles. The maximum absolute atomic E-state index is 8.59. The molecule has 0 radical (unpaired) electrons. The van der Waals surface area contributed by atoms with Crippen LogP contribution in [0.5, 0.6) is 0 Å². The van der Waals surface area contributed by atoms with Gasteiger partial charge < -0.3 is 21.7 Å². The Bertz CT molecular complexity index is 807. The molecule has 1 heterocycles. The number of hydrogen-bond donors (Lipinski definition) is 4. The first-order chi connectivity index (χ1) is 10.9. The van der Waals surface area contributed by atoms with Crippen LogP contribution in [0.2, 0.25) is 0 Å². The van der Waals surface area contributed by atoms with Crippen LogP contribution in [-0.4, -0.2) is 24.0 Å². The Morgan fingerprint density at radius 2 is 2.26 bits per heavy atom. The number of nitrogens with zero attached hydrogens (tertiary/aromatic N) is 4. The molecule has 118 valence electrons. The molecule has 0 spiro atoms. The molecule has 6 N–H and O–H groups in total. The fourth-order valence-corrected chi connectivity index (χ4v) is 2.92. The van der Waals surface area contributed by atoms with E-state index in [2.05, 4.69) is 31.2 Å². The lowest BCUT2D eigenvalue weighted by Crippen LogP contribution is -2.33. The van der Waals surface area contributed by atoms with Gasteiger partial charge in [-0.2, -0.15) is 5.26 Å². The van der Waals surface area contributed by atoms with Crippen LogP contribution in [0.15, 0.2) is 33.0 Å². The van der Waals surface area contributed by atoms with Gasteiger partial charge in [0.1, 0.15) is 0 Å². The number of thiazole rings is 1. The van der Waals surface area contributed by atoms with Gasteiger partial charge in [-0.25, -0.2) is 4.98 Å². The molecule has 23 heavy (non-hydrogen) atoms. The first-order valence-corrected chi connectivity index (χ1v) is 7.92. The van der Waals surface area contributed by atoms with Crippen molar-refractivity contribution in [3.63, 3.8) is 0 Å². The third-order valence-electron chi connectivity index (χ3n) is 2.87. The van der Waals surface area contributed by atoms with Crippen LogP contribution in [0.4, 0.5) is 10.8 Å². The predicted octanol–water partition coefficient (Wildman–Crippen LogP) is 2.11. The largest absolute Gasteiger partial charge is 0.370 e. The maximum Gasteiger partial charge on any atom is 0.211 e. The van der Waals surface area contributed by atoms with Gasteiger partial charge in [0.2, 0.25) is 12.2 Å². The van der Waals surface area contributed by atoms with E-state index < -0.39 is 0 Å². The van der Waals surface area contributed by atoms with Crippen LogP contribution in [0.1, 0.15) is 0 Å². The molecule has 0 fully saturated rings. The molecule has 0 amide bonds. The zero-order valence-electron chi connectivity index (χ0n) is 12.0. The number of rotatable bonds is 3. The van der Waals surface area contributed by atoms with Crippen LogP contribution >= 0.6 is 27.3 Å². The zero-order chi connectivity index (χ0) is 17.0. The van der Waals surface area contributed by atoms with Crippen molar-refractivity contribution in [1.82, 2.24) is 4.98 Å². The van der Waals surface area contributed by atoms with E-state index in [9.17, 15) is 0 Å². The summed E-state index contributed by atoms with van der Waals surface area (Å²) in [6.45, 7) is 0. The molecule has 1 aromatic heterocycles. The van der Waals surface area contributed by atoms with Gasteiger partial charge in [0.25, 0.3) is 0 Å². The van der Waals surface area contributed by atoms with E-state index in [-0.39, 0.29) is 11.9 Å². The number of aromatic nitrogens is 1. The minimum atomic E-state index is -0.168. The lowest BCUT2D eigenvalue weighted by Gasteiger charge is -2.18. The van der Waals surface area contributed by atoms with Crippen LogP contribution in [-0.2, 0) is 0 Å². The number of nitrogens with one attached hydrogen (secondary N) is 2. The highest BCUT2D eigenvalue weighted by atomic mass is 79.9. The Morgan fingerprint density at radius 1 is 1.52 bits per heavy atom. The first kappa shape index (κ1) is 16.7. The Balaban J connectivity index is 2.38. The van der Waals surface area contributed by atoms with E-state index >= 15 is 0 Å². The molecular weight excluding hydrogens is 380 g/mol. The third-order valence-corrected chi connectivity index (χ3v) is 4.32. The minimum absolute atomic E-state index is 0.0954. The topological polar surface area (TPSA) is 140 Å². The molecule has 0 atom stereocenters. The fourth-order valence-electron chi connectivity index (χ4n) is 1.75. The molecule has 0 aliphatic heterocycles.